The van der Waals surface area contributed by atoms with Crippen molar-refractivity contribution in [3.63, 3.8) is 0 Å². The van der Waals surface area contributed by atoms with Crippen molar-refractivity contribution >= 4 is 11.8 Å². The average molecular weight is 352 g/mol. The van der Waals surface area contributed by atoms with Crippen LogP contribution in [0.2, 0.25) is 0 Å². The van der Waals surface area contributed by atoms with Crippen molar-refractivity contribution in [3.05, 3.63) is 35.4 Å². The van der Waals surface area contributed by atoms with Crippen LogP contribution in [0.5, 0.6) is 0 Å². The van der Waals surface area contributed by atoms with Crippen LogP contribution in [0, 0.1) is 30.1 Å². The van der Waals surface area contributed by atoms with E-state index in [4.69, 9.17) is 5.26 Å². The van der Waals surface area contributed by atoms with Gasteiger partial charge in [-0.1, -0.05) is 17.7 Å². The van der Waals surface area contributed by atoms with E-state index in [9.17, 15) is 9.59 Å². The summed E-state index contributed by atoms with van der Waals surface area (Å²) < 4.78 is 0. The van der Waals surface area contributed by atoms with E-state index in [1.54, 1.807) is 4.90 Å². The monoisotopic (exact) mass is 352 g/mol. The van der Waals surface area contributed by atoms with Crippen molar-refractivity contribution in [2.24, 2.45) is 11.8 Å². The first-order chi connectivity index (χ1) is 12.6. The number of hydrogen-bond acceptors (Lipinski definition) is 4. The van der Waals surface area contributed by atoms with Crippen molar-refractivity contribution in [3.8, 4) is 6.07 Å². The zero-order chi connectivity index (χ0) is 18.3. The van der Waals surface area contributed by atoms with Gasteiger partial charge < -0.3 is 15.1 Å². The second kappa shape index (κ2) is 6.73. The number of nitriles is 1. The average Bonchev–Trinajstić information content (AvgIpc) is 3.03. The Hall–Kier alpha value is -2.39. The smallest absolute Gasteiger partial charge is 0.253 e. The highest BCUT2D eigenvalue weighted by Crippen LogP contribution is 2.45. The van der Waals surface area contributed by atoms with E-state index in [1.165, 1.54) is 0 Å². The van der Waals surface area contributed by atoms with Gasteiger partial charge in [0.1, 0.15) is 6.04 Å². The number of nitrogens with one attached hydrogen (secondary N) is 1. The molecule has 1 aromatic rings. The molecule has 1 N–H and O–H groups in total. The van der Waals surface area contributed by atoms with Gasteiger partial charge in [-0.25, -0.2) is 0 Å². The van der Waals surface area contributed by atoms with Crippen LogP contribution in [-0.4, -0.2) is 59.9 Å². The van der Waals surface area contributed by atoms with Crippen molar-refractivity contribution in [1.82, 2.24) is 15.1 Å². The molecule has 0 aromatic heterocycles. The van der Waals surface area contributed by atoms with Crippen molar-refractivity contribution in [2.45, 2.75) is 31.8 Å². The van der Waals surface area contributed by atoms with E-state index in [1.807, 2.05) is 36.1 Å². The minimum atomic E-state index is -0.259. The zero-order valence-electron chi connectivity index (χ0n) is 15.0. The number of piperidine rings is 1. The molecule has 1 saturated carbocycles. The Balaban J connectivity index is 1.25. The maximum Gasteiger partial charge on any atom is 0.253 e. The maximum absolute atomic E-state index is 12.6. The van der Waals surface area contributed by atoms with E-state index in [0.29, 0.717) is 31.0 Å². The van der Waals surface area contributed by atoms with E-state index in [0.717, 1.165) is 37.1 Å². The van der Waals surface area contributed by atoms with Crippen LogP contribution in [0.1, 0.15) is 28.8 Å². The molecule has 1 aromatic carbocycles. The van der Waals surface area contributed by atoms with Gasteiger partial charge in [0.15, 0.2) is 0 Å². The fraction of sp³-hybridized carbons (Fsp3) is 0.550. The summed E-state index contributed by atoms with van der Waals surface area (Å²) in [6.45, 7) is 4.51. The predicted octanol–water partition coefficient (Wildman–Crippen LogP) is 1.17. The first-order valence-corrected chi connectivity index (χ1v) is 9.37. The second-order valence-corrected chi connectivity index (χ2v) is 7.68. The second-order valence-electron chi connectivity index (χ2n) is 7.68. The van der Waals surface area contributed by atoms with Crippen LogP contribution in [0.25, 0.3) is 0 Å². The quantitative estimate of drug-likeness (QED) is 0.882. The Bertz CT molecular complexity index is 742. The van der Waals surface area contributed by atoms with E-state index < -0.39 is 0 Å². The molecule has 3 atom stereocenters. The predicted molar refractivity (Wildman–Crippen MR) is 96.2 cm³/mol. The molecule has 1 aliphatic carbocycles. The van der Waals surface area contributed by atoms with Crippen LogP contribution in [0.4, 0.5) is 0 Å². The van der Waals surface area contributed by atoms with E-state index in [-0.39, 0.29) is 17.9 Å². The van der Waals surface area contributed by atoms with Gasteiger partial charge in [-0.05, 0) is 43.7 Å². The molecule has 3 aliphatic rings. The number of rotatable bonds is 4. The Morgan fingerprint density at radius 2 is 1.92 bits per heavy atom. The number of fused-ring (bicyclic) bond motifs is 1. The number of nitrogens with zero attached hydrogens (tertiary/aromatic N) is 3. The van der Waals surface area contributed by atoms with Crippen LogP contribution in [0.3, 0.4) is 0 Å². The molecule has 4 rings (SSSR count). The number of likely N-dealkylation sites (tertiary alicyclic amines) is 2. The molecular formula is C20H24N4O2. The summed E-state index contributed by atoms with van der Waals surface area (Å²) in [5.74, 6) is 1.01. The van der Waals surface area contributed by atoms with E-state index >= 15 is 0 Å². The van der Waals surface area contributed by atoms with Crippen molar-refractivity contribution < 1.29 is 9.59 Å². The number of aryl methyl sites for hydroxylation is 1. The highest BCUT2D eigenvalue weighted by molar-refractivity contribution is 5.94. The number of hydrogen-bond donors (Lipinski definition) is 1. The molecule has 0 bridgehead atoms. The lowest BCUT2D eigenvalue weighted by Gasteiger charge is -2.22. The number of carbonyl (C=O) groups excluding carboxylic acids is 2. The Kier molecular flexibility index (Phi) is 4.41. The van der Waals surface area contributed by atoms with Gasteiger partial charge in [-0.2, -0.15) is 5.26 Å². The summed E-state index contributed by atoms with van der Waals surface area (Å²) in [7, 11) is 0. The molecular weight excluding hydrogens is 328 g/mol. The fourth-order valence-corrected chi connectivity index (χ4v) is 4.38. The number of amides is 2. The van der Waals surface area contributed by atoms with Crippen LogP contribution < -0.4 is 5.32 Å². The fourth-order valence-electron chi connectivity index (χ4n) is 4.38. The van der Waals surface area contributed by atoms with Crippen LogP contribution >= 0.6 is 0 Å². The highest BCUT2D eigenvalue weighted by Gasteiger charge is 2.56. The van der Waals surface area contributed by atoms with Crippen molar-refractivity contribution in [1.29, 1.82) is 5.26 Å². The largest absolute Gasteiger partial charge is 0.338 e. The molecule has 0 spiro atoms. The molecule has 6 nitrogen and oxygen atoms in total. The van der Waals surface area contributed by atoms with Gasteiger partial charge in [0.05, 0.1) is 12.6 Å². The Morgan fingerprint density at radius 1 is 1.23 bits per heavy atom. The summed E-state index contributed by atoms with van der Waals surface area (Å²) in [6, 6.07) is 9.98. The minimum Gasteiger partial charge on any atom is -0.338 e. The molecule has 136 valence electrons. The standard InChI is InChI=1S/C20H24N4O2/c1-13-4-6-14(7-5-13)20(26)23-11-16-17(12-23)19(16)22-10-18(25)24-8-2-3-15(24)9-21/h4-7,15-17,19,22H,2-3,8,10-12H2,1H3/t15-,16?,17?,19?/m0/s1. The SMILES string of the molecule is Cc1ccc(C(=O)N2CC3C(C2)C3NCC(=O)N2CCC[C@H]2C#N)cc1. The lowest BCUT2D eigenvalue weighted by molar-refractivity contribution is -0.130. The Labute approximate surface area is 153 Å². The summed E-state index contributed by atoms with van der Waals surface area (Å²) in [4.78, 5) is 28.5. The molecule has 2 amide bonds. The first-order valence-electron chi connectivity index (χ1n) is 9.37. The lowest BCUT2D eigenvalue weighted by Crippen LogP contribution is -2.43. The molecule has 2 heterocycles. The molecule has 2 saturated heterocycles. The third-order valence-corrected chi connectivity index (χ3v) is 5.99. The topological polar surface area (TPSA) is 76.4 Å². The van der Waals surface area contributed by atoms with Crippen LogP contribution in [0.15, 0.2) is 24.3 Å². The minimum absolute atomic E-state index is 0.0200. The molecule has 2 aliphatic heterocycles. The van der Waals surface area contributed by atoms with Gasteiger partial charge in [0.25, 0.3) is 5.91 Å². The number of benzene rings is 1. The van der Waals surface area contributed by atoms with Gasteiger partial charge >= 0.3 is 0 Å². The zero-order valence-corrected chi connectivity index (χ0v) is 15.0. The van der Waals surface area contributed by atoms with Gasteiger partial charge in [0, 0.05) is 31.2 Å². The normalized spacial score (nSPS) is 29.4. The highest BCUT2D eigenvalue weighted by atomic mass is 16.2. The summed E-state index contributed by atoms with van der Waals surface area (Å²) >= 11 is 0. The van der Waals surface area contributed by atoms with Gasteiger partial charge in [-0.15, -0.1) is 0 Å². The summed E-state index contributed by atoms with van der Waals surface area (Å²) in [6.07, 6.45) is 1.70. The summed E-state index contributed by atoms with van der Waals surface area (Å²) in [5, 5.41) is 12.4. The van der Waals surface area contributed by atoms with E-state index in [2.05, 4.69) is 11.4 Å². The molecule has 0 radical (unpaired) electrons. The van der Waals surface area contributed by atoms with Crippen molar-refractivity contribution in [2.75, 3.05) is 26.2 Å². The number of carbonyl (C=O) groups is 2. The Morgan fingerprint density at radius 3 is 2.58 bits per heavy atom. The van der Waals surface area contributed by atoms with Gasteiger partial charge in [0.2, 0.25) is 5.91 Å². The summed E-state index contributed by atoms with van der Waals surface area (Å²) in [5.41, 5.74) is 1.89. The third kappa shape index (κ3) is 3.08. The van der Waals surface area contributed by atoms with Gasteiger partial charge in [-0.3, -0.25) is 9.59 Å². The molecule has 3 fully saturated rings. The molecule has 6 heteroatoms. The van der Waals surface area contributed by atoms with Crippen LogP contribution in [-0.2, 0) is 4.79 Å². The third-order valence-electron chi connectivity index (χ3n) is 5.99. The molecule has 26 heavy (non-hydrogen) atoms. The lowest BCUT2D eigenvalue weighted by atomic mass is 10.1. The maximum atomic E-state index is 12.6. The molecule has 2 unspecified atom stereocenters. The first kappa shape index (κ1) is 17.0.